The minimum Gasteiger partial charge on any atom is -0.375 e. The van der Waals surface area contributed by atoms with E-state index >= 15 is 0 Å². The highest BCUT2D eigenvalue weighted by Gasteiger charge is 2.43. The molecule has 0 aliphatic carbocycles. The third kappa shape index (κ3) is 3.21. The Morgan fingerprint density at radius 3 is 2.73 bits per heavy atom. The van der Waals surface area contributed by atoms with Crippen molar-refractivity contribution in [3.05, 3.63) is 18.0 Å². The Bertz CT molecular complexity index is 523. The first-order chi connectivity index (χ1) is 10.6. The number of hydrogen-bond acceptors (Lipinski definition) is 5. The van der Waals surface area contributed by atoms with E-state index in [2.05, 4.69) is 20.2 Å². The molecule has 22 heavy (non-hydrogen) atoms. The van der Waals surface area contributed by atoms with Gasteiger partial charge >= 0.3 is 0 Å². The summed E-state index contributed by atoms with van der Waals surface area (Å²) in [5, 5.41) is 2.70. The van der Waals surface area contributed by atoms with E-state index in [9.17, 15) is 4.79 Å². The Labute approximate surface area is 131 Å². The largest absolute Gasteiger partial charge is 0.375 e. The molecule has 120 valence electrons. The SMILES string of the molecule is CNC(=O)C[C@@H]1COC2(CCN(c3ncc(C)cn3)CC2)C1. The molecule has 2 aliphatic heterocycles. The van der Waals surface area contributed by atoms with Crippen molar-refractivity contribution in [2.24, 2.45) is 5.92 Å². The van der Waals surface area contributed by atoms with Crippen LogP contribution in [-0.2, 0) is 9.53 Å². The number of aromatic nitrogens is 2. The summed E-state index contributed by atoms with van der Waals surface area (Å²) in [6, 6.07) is 0. The van der Waals surface area contributed by atoms with Gasteiger partial charge in [0.2, 0.25) is 11.9 Å². The van der Waals surface area contributed by atoms with Crippen molar-refractivity contribution in [1.29, 1.82) is 0 Å². The molecule has 0 radical (unpaired) electrons. The van der Waals surface area contributed by atoms with Gasteiger partial charge in [-0.2, -0.15) is 0 Å². The summed E-state index contributed by atoms with van der Waals surface area (Å²) < 4.78 is 6.10. The first kappa shape index (κ1) is 15.2. The molecule has 0 bridgehead atoms. The predicted octanol–water partition coefficient (Wildman–Crippen LogP) is 1.30. The van der Waals surface area contributed by atoms with Gasteiger partial charge in [-0.1, -0.05) is 0 Å². The molecule has 6 heteroatoms. The van der Waals surface area contributed by atoms with Gasteiger partial charge in [-0.25, -0.2) is 9.97 Å². The van der Waals surface area contributed by atoms with E-state index in [0.717, 1.165) is 43.9 Å². The summed E-state index contributed by atoms with van der Waals surface area (Å²) in [7, 11) is 1.69. The van der Waals surface area contributed by atoms with Gasteiger partial charge in [0.1, 0.15) is 0 Å². The summed E-state index contributed by atoms with van der Waals surface area (Å²) in [5.41, 5.74) is 1.04. The summed E-state index contributed by atoms with van der Waals surface area (Å²) >= 11 is 0. The molecule has 0 aromatic carbocycles. The van der Waals surface area contributed by atoms with Crippen LogP contribution < -0.4 is 10.2 Å². The topological polar surface area (TPSA) is 67.3 Å². The maximum absolute atomic E-state index is 11.5. The zero-order chi connectivity index (χ0) is 15.6. The first-order valence-corrected chi connectivity index (χ1v) is 7.98. The molecule has 1 N–H and O–H groups in total. The fraction of sp³-hybridized carbons (Fsp3) is 0.688. The maximum atomic E-state index is 11.5. The van der Waals surface area contributed by atoms with Gasteiger partial charge in [-0.15, -0.1) is 0 Å². The van der Waals surface area contributed by atoms with Crippen LogP contribution in [0.3, 0.4) is 0 Å². The molecule has 1 aromatic heterocycles. The van der Waals surface area contributed by atoms with Crippen LogP contribution in [0, 0.1) is 12.8 Å². The number of rotatable bonds is 3. The number of aryl methyl sites for hydroxylation is 1. The van der Waals surface area contributed by atoms with Crippen LogP contribution in [0.2, 0.25) is 0 Å². The monoisotopic (exact) mass is 304 g/mol. The quantitative estimate of drug-likeness (QED) is 0.911. The van der Waals surface area contributed by atoms with Crippen molar-refractivity contribution < 1.29 is 9.53 Å². The summed E-state index contributed by atoms with van der Waals surface area (Å²) in [6.45, 7) is 4.52. The molecule has 1 atom stereocenters. The molecule has 1 amide bonds. The molecule has 3 rings (SSSR count). The fourth-order valence-corrected chi connectivity index (χ4v) is 3.45. The number of amides is 1. The molecule has 0 saturated carbocycles. The normalized spacial score (nSPS) is 23.7. The molecule has 2 saturated heterocycles. The average Bonchev–Trinajstić information content (AvgIpc) is 2.91. The number of carbonyl (C=O) groups excluding carboxylic acids is 1. The highest BCUT2D eigenvalue weighted by atomic mass is 16.5. The van der Waals surface area contributed by atoms with Gasteiger partial charge in [-0.3, -0.25) is 4.79 Å². The second-order valence-electron chi connectivity index (χ2n) is 6.49. The zero-order valence-corrected chi connectivity index (χ0v) is 13.3. The number of piperidine rings is 1. The van der Waals surface area contributed by atoms with E-state index in [1.54, 1.807) is 7.05 Å². The Morgan fingerprint density at radius 1 is 1.41 bits per heavy atom. The van der Waals surface area contributed by atoms with Crippen molar-refractivity contribution in [1.82, 2.24) is 15.3 Å². The van der Waals surface area contributed by atoms with E-state index in [1.165, 1.54) is 0 Å². The van der Waals surface area contributed by atoms with Crippen molar-refractivity contribution in [2.75, 3.05) is 31.6 Å². The molecule has 1 aromatic rings. The van der Waals surface area contributed by atoms with Crippen LogP contribution >= 0.6 is 0 Å². The molecular formula is C16H24N4O2. The minimum absolute atomic E-state index is 0.0418. The third-order valence-electron chi connectivity index (χ3n) is 4.76. The van der Waals surface area contributed by atoms with E-state index in [1.807, 2.05) is 19.3 Å². The molecular weight excluding hydrogens is 280 g/mol. The number of hydrogen-bond donors (Lipinski definition) is 1. The number of anilines is 1. The van der Waals surface area contributed by atoms with Crippen LogP contribution in [0.25, 0.3) is 0 Å². The Morgan fingerprint density at radius 2 is 2.09 bits per heavy atom. The Kier molecular flexibility index (Phi) is 4.29. The predicted molar refractivity (Wildman–Crippen MR) is 83.7 cm³/mol. The van der Waals surface area contributed by atoms with Crippen molar-refractivity contribution in [3.63, 3.8) is 0 Å². The molecule has 3 heterocycles. The van der Waals surface area contributed by atoms with Gasteiger partial charge < -0.3 is 15.0 Å². The van der Waals surface area contributed by atoms with Crippen molar-refractivity contribution in [2.45, 2.75) is 38.2 Å². The summed E-state index contributed by atoms with van der Waals surface area (Å²) in [5.74, 6) is 1.26. The third-order valence-corrected chi connectivity index (χ3v) is 4.76. The van der Waals surface area contributed by atoms with Crippen molar-refractivity contribution in [3.8, 4) is 0 Å². The fourth-order valence-electron chi connectivity index (χ4n) is 3.45. The van der Waals surface area contributed by atoms with Crippen LogP contribution in [0.15, 0.2) is 12.4 Å². The second kappa shape index (κ2) is 6.20. The van der Waals surface area contributed by atoms with Crippen LogP contribution in [-0.4, -0.2) is 48.2 Å². The lowest BCUT2D eigenvalue weighted by atomic mass is 9.84. The Balaban J connectivity index is 1.55. The highest BCUT2D eigenvalue weighted by molar-refractivity contribution is 5.75. The summed E-state index contributed by atoms with van der Waals surface area (Å²) in [4.78, 5) is 22.5. The van der Waals surface area contributed by atoms with Gasteiger partial charge in [-0.05, 0) is 37.7 Å². The minimum atomic E-state index is -0.0418. The molecule has 2 aliphatic rings. The summed E-state index contributed by atoms with van der Waals surface area (Å²) in [6.07, 6.45) is 7.24. The number of ether oxygens (including phenoxy) is 1. The lowest BCUT2D eigenvalue weighted by Crippen LogP contribution is -2.44. The standard InChI is InChI=1S/C16H24N4O2/c1-12-9-18-15(19-10-12)20-5-3-16(4-6-20)8-13(11-22-16)7-14(21)17-2/h9-10,13H,3-8,11H2,1-2H3,(H,17,21)/t13-/m0/s1. The lowest BCUT2D eigenvalue weighted by molar-refractivity contribution is -0.121. The maximum Gasteiger partial charge on any atom is 0.225 e. The molecule has 2 fully saturated rings. The van der Waals surface area contributed by atoms with Crippen LogP contribution in [0.4, 0.5) is 5.95 Å². The van der Waals surface area contributed by atoms with Gasteiger partial charge in [0.05, 0.1) is 12.2 Å². The molecule has 6 nitrogen and oxygen atoms in total. The average molecular weight is 304 g/mol. The number of nitrogens with zero attached hydrogens (tertiary/aromatic N) is 3. The second-order valence-corrected chi connectivity index (χ2v) is 6.49. The van der Waals surface area contributed by atoms with Gasteiger partial charge in [0, 0.05) is 39.0 Å². The Hall–Kier alpha value is -1.69. The van der Waals surface area contributed by atoms with Gasteiger partial charge in [0.15, 0.2) is 0 Å². The van der Waals surface area contributed by atoms with E-state index in [4.69, 9.17) is 4.74 Å². The smallest absolute Gasteiger partial charge is 0.225 e. The van der Waals surface area contributed by atoms with E-state index in [-0.39, 0.29) is 11.5 Å². The van der Waals surface area contributed by atoms with E-state index in [0.29, 0.717) is 18.9 Å². The zero-order valence-electron chi connectivity index (χ0n) is 13.3. The van der Waals surface area contributed by atoms with Crippen molar-refractivity contribution >= 4 is 11.9 Å². The molecule has 1 spiro atoms. The van der Waals surface area contributed by atoms with Crippen LogP contribution in [0.1, 0.15) is 31.2 Å². The number of carbonyl (C=O) groups is 1. The first-order valence-electron chi connectivity index (χ1n) is 7.98. The van der Waals surface area contributed by atoms with E-state index < -0.39 is 0 Å². The lowest BCUT2D eigenvalue weighted by Gasteiger charge is -2.38. The van der Waals surface area contributed by atoms with Gasteiger partial charge in [0.25, 0.3) is 0 Å². The van der Waals surface area contributed by atoms with Crippen LogP contribution in [0.5, 0.6) is 0 Å². The highest BCUT2D eigenvalue weighted by Crippen LogP contribution is 2.40. The molecule has 0 unspecified atom stereocenters. The number of nitrogens with one attached hydrogen (secondary N) is 1.